The number of hydrogen-bond donors (Lipinski definition) is 4. The first kappa shape index (κ1) is 39.0. The van der Waals surface area contributed by atoms with Crippen molar-refractivity contribution in [2.45, 2.75) is 62.0 Å². The van der Waals surface area contributed by atoms with Crippen molar-refractivity contribution in [3.63, 3.8) is 0 Å². The molecule has 0 heterocycles. The van der Waals surface area contributed by atoms with Crippen molar-refractivity contribution in [2.75, 3.05) is 0 Å². The quantitative estimate of drug-likeness (QED) is 0.317. The first-order valence-corrected chi connectivity index (χ1v) is 6.09. The largest absolute Gasteiger partial charge is 0.457 e. The summed E-state index contributed by atoms with van der Waals surface area (Å²) in [5, 5.41) is 32.5. The van der Waals surface area contributed by atoms with E-state index >= 15 is 0 Å². The van der Waals surface area contributed by atoms with Gasteiger partial charge < -0.3 is 31.4 Å². The van der Waals surface area contributed by atoms with Gasteiger partial charge in [0.15, 0.2) is 24.4 Å². The predicted molar refractivity (Wildman–Crippen MR) is 67.2 cm³/mol. The minimum Gasteiger partial charge on any atom is -0.457 e. The van der Waals surface area contributed by atoms with Crippen LogP contribution in [0.25, 0.3) is 0 Å². The maximum Gasteiger partial charge on any atom is 0.414 e. The van der Waals surface area contributed by atoms with Crippen molar-refractivity contribution in [3.8, 4) is 0 Å². The Balaban J connectivity index is -0.000000120. The molecule has 0 rings (SSSR count). The van der Waals surface area contributed by atoms with Crippen LogP contribution in [0.4, 0.5) is 52.7 Å². The molecule has 0 saturated carbocycles. The summed E-state index contributed by atoms with van der Waals surface area (Å²) in [5.41, 5.74) is 0. The van der Waals surface area contributed by atoms with Crippen molar-refractivity contribution in [1.82, 2.24) is 0 Å². The summed E-state index contributed by atoms with van der Waals surface area (Å²) in [4.78, 5) is 0. The zero-order valence-electron chi connectivity index (χ0n) is 13.5. The van der Waals surface area contributed by atoms with Crippen LogP contribution in [0.15, 0.2) is 0 Å². The molecule has 0 aromatic rings. The summed E-state index contributed by atoms with van der Waals surface area (Å²) in [5.74, 6) is 0. The average molecular weight is 521 g/mol. The predicted octanol–water partition coefficient (Wildman–Crippen LogP) is 0.600. The van der Waals surface area contributed by atoms with Gasteiger partial charge in [-0.1, -0.05) is 0 Å². The molecule has 4 atom stereocenters. The zero-order chi connectivity index (χ0) is 21.7. The van der Waals surface area contributed by atoms with Crippen LogP contribution in [0.3, 0.4) is 0 Å². The Kier molecular flexibility index (Phi) is 18.4. The SMILES string of the molecule is OC(CC(O)C(F)(F)F)C(F)(F)F.OC(CC(O)C(F)(F)F)C(F)(F)F.[Co].[OH3+].[OH3+]. The number of aliphatic hydroxyl groups excluding tert-OH is 4. The molecule has 0 aliphatic carbocycles. The van der Waals surface area contributed by atoms with Crippen LogP contribution in [0.5, 0.6) is 0 Å². The van der Waals surface area contributed by atoms with Gasteiger partial charge in [0.2, 0.25) is 0 Å². The molecule has 0 aromatic heterocycles. The number of alkyl halides is 12. The molecule has 0 bridgehead atoms. The van der Waals surface area contributed by atoms with Gasteiger partial charge in [-0.2, -0.15) is 52.7 Å². The van der Waals surface area contributed by atoms with E-state index in [4.69, 9.17) is 20.4 Å². The van der Waals surface area contributed by atoms with Gasteiger partial charge >= 0.3 is 24.7 Å². The van der Waals surface area contributed by atoms with E-state index in [2.05, 4.69) is 0 Å². The van der Waals surface area contributed by atoms with E-state index in [0.29, 0.717) is 0 Å². The van der Waals surface area contributed by atoms with E-state index in [1.807, 2.05) is 0 Å². The molecule has 10 N–H and O–H groups in total. The average Bonchev–Trinajstić information content (AvgIpc) is 2.34. The first-order valence-electron chi connectivity index (χ1n) is 6.09. The fourth-order valence-corrected chi connectivity index (χ4v) is 0.957. The van der Waals surface area contributed by atoms with E-state index < -0.39 is 62.0 Å². The van der Waals surface area contributed by atoms with Crippen LogP contribution in [-0.4, -0.2) is 69.5 Å². The second kappa shape index (κ2) is 13.7. The molecule has 19 heteroatoms. The van der Waals surface area contributed by atoms with E-state index in [1.165, 1.54) is 0 Å². The maximum atomic E-state index is 11.5. The molecule has 185 valence electrons. The molecule has 1 radical (unpaired) electrons. The third kappa shape index (κ3) is 18.0. The van der Waals surface area contributed by atoms with Gasteiger partial charge in [0.1, 0.15) is 0 Å². The maximum absolute atomic E-state index is 11.5. The molecule has 6 nitrogen and oxygen atoms in total. The first-order chi connectivity index (χ1) is 11.1. The van der Waals surface area contributed by atoms with Crippen molar-refractivity contribution in [3.05, 3.63) is 0 Å². The molecule has 0 aromatic carbocycles. The molecule has 0 aliphatic rings. The summed E-state index contributed by atoms with van der Waals surface area (Å²) in [7, 11) is 0. The van der Waals surface area contributed by atoms with Crippen LogP contribution in [0.1, 0.15) is 12.8 Å². The fraction of sp³-hybridized carbons (Fsp3) is 1.00. The summed E-state index contributed by atoms with van der Waals surface area (Å²) in [6.45, 7) is 0. The number of rotatable bonds is 4. The van der Waals surface area contributed by atoms with Gasteiger partial charge in [0.25, 0.3) is 0 Å². The Morgan fingerprint density at radius 2 is 0.517 bits per heavy atom. The Labute approximate surface area is 163 Å². The van der Waals surface area contributed by atoms with Gasteiger partial charge in [-0.15, -0.1) is 0 Å². The van der Waals surface area contributed by atoms with Gasteiger partial charge in [-0.25, -0.2) is 0 Å². The summed E-state index contributed by atoms with van der Waals surface area (Å²) in [6, 6.07) is 0. The molecular weight excluding hydrogens is 503 g/mol. The van der Waals surface area contributed by atoms with Crippen molar-refractivity contribution < 1.29 is 101 Å². The second-order valence-electron chi connectivity index (χ2n) is 4.70. The van der Waals surface area contributed by atoms with Crippen LogP contribution in [0, 0.1) is 0 Å². The standard InChI is InChI=1S/2C5H6F6O2.Co.2H2O/c2*6-4(7,8)2(12)1-3(13)5(9,10)11;;;/h2*2-3,12-13H,1H2;;2*1H2/p+2. The van der Waals surface area contributed by atoms with Crippen LogP contribution in [-0.2, 0) is 27.7 Å². The summed E-state index contributed by atoms with van der Waals surface area (Å²) < 4.78 is 138. The van der Waals surface area contributed by atoms with E-state index in [9.17, 15) is 52.7 Å². The molecule has 0 spiro atoms. The molecule has 0 aliphatic heterocycles. The van der Waals surface area contributed by atoms with Crippen LogP contribution in [0.2, 0.25) is 0 Å². The number of hydrogen-bond acceptors (Lipinski definition) is 4. The normalized spacial score (nSPS) is 16.6. The van der Waals surface area contributed by atoms with Gasteiger partial charge in [-0.05, 0) is 0 Å². The zero-order valence-corrected chi connectivity index (χ0v) is 14.6. The molecule has 4 unspecified atom stereocenters. The van der Waals surface area contributed by atoms with Crippen LogP contribution >= 0.6 is 0 Å². The van der Waals surface area contributed by atoms with Crippen LogP contribution < -0.4 is 0 Å². The summed E-state index contributed by atoms with van der Waals surface area (Å²) >= 11 is 0. The fourth-order valence-electron chi connectivity index (χ4n) is 0.957. The Morgan fingerprint density at radius 3 is 0.586 bits per heavy atom. The molecule has 0 amide bonds. The minimum absolute atomic E-state index is 0. The van der Waals surface area contributed by atoms with E-state index in [-0.39, 0.29) is 27.7 Å². The minimum atomic E-state index is -5.15. The van der Waals surface area contributed by atoms with Crippen molar-refractivity contribution in [1.29, 1.82) is 0 Å². The monoisotopic (exact) mass is 521 g/mol. The van der Waals surface area contributed by atoms with E-state index in [0.717, 1.165) is 0 Å². The summed E-state index contributed by atoms with van der Waals surface area (Å²) in [6.07, 6.45) is -36.8. The molecular formula is C10H18CoF12O6+2. The van der Waals surface area contributed by atoms with Gasteiger partial charge in [-0.3, -0.25) is 0 Å². The van der Waals surface area contributed by atoms with Gasteiger partial charge in [0, 0.05) is 29.6 Å². The molecule has 0 saturated heterocycles. The Morgan fingerprint density at radius 1 is 0.414 bits per heavy atom. The van der Waals surface area contributed by atoms with Crippen molar-refractivity contribution >= 4 is 0 Å². The number of halogens is 12. The third-order valence-corrected chi connectivity index (χ3v) is 2.40. The van der Waals surface area contributed by atoms with E-state index in [1.54, 1.807) is 0 Å². The number of aliphatic hydroxyl groups is 4. The van der Waals surface area contributed by atoms with Crippen molar-refractivity contribution in [2.24, 2.45) is 0 Å². The second-order valence-corrected chi connectivity index (χ2v) is 4.70. The van der Waals surface area contributed by atoms with Gasteiger partial charge in [0.05, 0.1) is 0 Å². The molecule has 0 fully saturated rings. The topological polar surface area (TPSA) is 147 Å². The third-order valence-electron chi connectivity index (χ3n) is 2.40. The molecule has 29 heavy (non-hydrogen) atoms. The Hall–Kier alpha value is -0.574. The Bertz CT molecular complexity index is 336. The smallest absolute Gasteiger partial charge is 0.414 e.